The van der Waals surface area contributed by atoms with Crippen molar-refractivity contribution in [2.24, 2.45) is 0 Å². The predicted molar refractivity (Wildman–Crippen MR) is 76.9 cm³/mol. The van der Waals surface area contributed by atoms with Gasteiger partial charge in [-0.05, 0) is 38.3 Å². The van der Waals surface area contributed by atoms with E-state index >= 15 is 0 Å². The Morgan fingerprint density at radius 2 is 1.94 bits per heavy atom. The van der Waals surface area contributed by atoms with Crippen LogP contribution in [0.4, 0.5) is 0 Å². The molecule has 0 saturated heterocycles. The van der Waals surface area contributed by atoms with Crippen molar-refractivity contribution in [1.82, 2.24) is 9.55 Å². The van der Waals surface area contributed by atoms with Gasteiger partial charge in [0.2, 0.25) is 0 Å². The lowest BCUT2D eigenvalue weighted by atomic mass is 9.92. The molecular formula is C13H13Cl3N2. The first-order chi connectivity index (χ1) is 8.58. The van der Waals surface area contributed by atoms with Crippen molar-refractivity contribution in [1.29, 1.82) is 0 Å². The Morgan fingerprint density at radius 1 is 1.28 bits per heavy atom. The van der Waals surface area contributed by atoms with E-state index in [1.807, 2.05) is 19.1 Å². The molecule has 3 rings (SSSR count). The van der Waals surface area contributed by atoms with Crippen LogP contribution >= 0.6 is 34.8 Å². The number of rotatable bonds is 2. The first kappa shape index (κ1) is 12.6. The van der Waals surface area contributed by atoms with Crippen LogP contribution in [-0.2, 0) is 0 Å². The van der Waals surface area contributed by atoms with Crippen LogP contribution in [0, 0.1) is 0 Å². The van der Waals surface area contributed by atoms with Crippen LogP contribution in [0.5, 0.6) is 0 Å². The maximum atomic E-state index is 6.24. The van der Waals surface area contributed by atoms with E-state index < -0.39 is 0 Å². The molecule has 1 heterocycles. The highest BCUT2D eigenvalue weighted by Gasteiger charge is 2.26. The minimum absolute atomic E-state index is 0.115. The lowest BCUT2D eigenvalue weighted by molar-refractivity contribution is 0.313. The van der Waals surface area contributed by atoms with Crippen LogP contribution in [-0.4, -0.2) is 9.55 Å². The van der Waals surface area contributed by atoms with E-state index in [4.69, 9.17) is 34.8 Å². The molecule has 2 aromatic rings. The summed E-state index contributed by atoms with van der Waals surface area (Å²) >= 11 is 18.4. The minimum atomic E-state index is -0.115. The highest BCUT2D eigenvalue weighted by atomic mass is 35.5. The minimum Gasteiger partial charge on any atom is -0.324 e. The Hall–Kier alpha value is -0.440. The summed E-state index contributed by atoms with van der Waals surface area (Å²) in [4.78, 5) is 4.60. The second-order valence-electron chi connectivity index (χ2n) is 4.80. The van der Waals surface area contributed by atoms with E-state index in [1.54, 1.807) is 0 Å². The molecule has 1 atom stereocenters. The molecule has 1 aromatic carbocycles. The fourth-order valence-corrected chi connectivity index (χ4v) is 2.89. The highest BCUT2D eigenvalue weighted by molar-refractivity contribution is 6.42. The van der Waals surface area contributed by atoms with Gasteiger partial charge >= 0.3 is 0 Å². The van der Waals surface area contributed by atoms with E-state index in [1.165, 1.54) is 19.3 Å². The van der Waals surface area contributed by atoms with Crippen molar-refractivity contribution < 1.29 is 0 Å². The molecule has 0 bridgehead atoms. The standard InChI is InChI=1S/C13H13Cl3N2/c1-7(14)13-17-11-5-9(15)10(16)6-12(11)18(13)8-3-2-4-8/h5-8H,2-4H2,1H3. The number of fused-ring (bicyclic) bond motifs is 1. The quantitative estimate of drug-likeness (QED) is 0.682. The number of aromatic nitrogens is 2. The molecule has 0 radical (unpaired) electrons. The molecular weight excluding hydrogens is 291 g/mol. The van der Waals surface area contributed by atoms with Gasteiger partial charge in [-0.3, -0.25) is 0 Å². The zero-order valence-electron chi connectivity index (χ0n) is 9.96. The molecule has 18 heavy (non-hydrogen) atoms. The Labute approximate surface area is 121 Å². The first-order valence-electron chi connectivity index (χ1n) is 6.09. The summed E-state index contributed by atoms with van der Waals surface area (Å²) in [5.41, 5.74) is 1.91. The molecule has 0 amide bonds. The Bertz CT molecular complexity index is 600. The van der Waals surface area contributed by atoms with Gasteiger partial charge in [-0.1, -0.05) is 23.2 Å². The second-order valence-corrected chi connectivity index (χ2v) is 6.26. The Morgan fingerprint density at radius 3 is 2.50 bits per heavy atom. The SMILES string of the molecule is CC(Cl)c1nc2cc(Cl)c(Cl)cc2n1C1CCC1. The lowest BCUT2D eigenvalue weighted by Gasteiger charge is -2.29. The monoisotopic (exact) mass is 302 g/mol. The maximum absolute atomic E-state index is 6.24. The van der Waals surface area contributed by atoms with Gasteiger partial charge in [0.25, 0.3) is 0 Å². The van der Waals surface area contributed by atoms with E-state index in [0.717, 1.165) is 16.9 Å². The molecule has 0 spiro atoms. The molecule has 5 heteroatoms. The molecule has 1 aliphatic rings. The first-order valence-corrected chi connectivity index (χ1v) is 7.28. The number of benzene rings is 1. The van der Waals surface area contributed by atoms with E-state index in [-0.39, 0.29) is 5.38 Å². The normalized spacial score (nSPS) is 18.0. The second kappa shape index (κ2) is 4.59. The molecule has 1 saturated carbocycles. The number of hydrogen-bond acceptors (Lipinski definition) is 1. The van der Waals surface area contributed by atoms with E-state index in [0.29, 0.717) is 16.1 Å². The largest absolute Gasteiger partial charge is 0.324 e. The summed E-state index contributed by atoms with van der Waals surface area (Å²) in [6, 6.07) is 4.22. The zero-order valence-corrected chi connectivity index (χ0v) is 12.2. The van der Waals surface area contributed by atoms with Gasteiger partial charge in [0.05, 0.1) is 26.5 Å². The molecule has 0 aliphatic heterocycles. The van der Waals surface area contributed by atoms with Crippen LogP contribution in [0.15, 0.2) is 12.1 Å². The van der Waals surface area contributed by atoms with Gasteiger partial charge in [0.15, 0.2) is 0 Å². The summed E-state index contributed by atoms with van der Waals surface area (Å²) in [6.45, 7) is 1.95. The average molecular weight is 304 g/mol. The van der Waals surface area contributed by atoms with Crippen LogP contribution in [0.2, 0.25) is 10.0 Å². The molecule has 1 fully saturated rings. The van der Waals surface area contributed by atoms with Crippen molar-refractivity contribution in [2.75, 3.05) is 0 Å². The fraction of sp³-hybridized carbons (Fsp3) is 0.462. The topological polar surface area (TPSA) is 17.8 Å². The van der Waals surface area contributed by atoms with Gasteiger partial charge < -0.3 is 4.57 Å². The highest BCUT2D eigenvalue weighted by Crippen LogP contribution is 2.39. The van der Waals surface area contributed by atoms with Crippen LogP contribution < -0.4 is 0 Å². The summed E-state index contributed by atoms with van der Waals surface area (Å²) in [5.74, 6) is 0.912. The van der Waals surface area contributed by atoms with Gasteiger partial charge in [0, 0.05) is 6.04 Å². The van der Waals surface area contributed by atoms with Crippen molar-refractivity contribution in [3.63, 3.8) is 0 Å². The molecule has 1 aliphatic carbocycles. The fourth-order valence-electron chi connectivity index (χ4n) is 2.42. The third-order valence-corrected chi connectivity index (χ3v) is 4.47. The number of halogens is 3. The van der Waals surface area contributed by atoms with Gasteiger partial charge in [-0.15, -0.1) is 11.6 Å². The molecule has 1 aromatic heterocycles. The maximum Gasteiger partial charge on any atom is 0.127 e. The Kier molecular flexibility index (Phi) is 3.21. The summed E-state index contributed by atoms with van der Waals surface area (Å²) < 4.78 is 2.23. The van der Waals surface area contributed by atoms with Crippen molar-refractivity contribution in [2.45, 2.75) is 37.6 Å². The third-order valence-electron chi connectivity index (χ3n) is 3.55. The smallest absolute Gasteiger partial charge is 0.127 e. The summed E-state index contributed by atoms with van der Waals surface area (Å²) in [7, 11) is 0. The van der Waals surface area contributed by atoms with E-state index in [9.17, 15) is 0 Å². The zero-order chi connectivity index (χ0) is 12.9. The van der Waals surface area contributed by atoms with Crippen LogP contribution in [0.25, 0.3) is 11.0 Å². The number of hydrogen-bond donors (Lipinski definition) is 0. The summed E-state index contributed by atoms with van der Waals surface area (Å²) in [5, 5.41) is 0.991. The van der Waals surface area contributed by atoms with Crippen LogP contribution in [0.3, 0.4) is 0 Å². The third kappa shape index (κ3) is 1.91. The van der Waals surface area contributed by atoms with Crippen LogP contribution in [0.1, 0.15) is 43.4 Å². The number of alkyl halides is 1. The van der Waals surface area contributed by atoms with Gasteiger partial charge in [0.1, 0.15) is 5.82 Å². The van der Waals surface area contributed by atoms with Gasteiger partial charge in [-0.25, -0.2) is 4.98 Å². The number of nitrogens with zero attached hydrogens (tertiary/aromatic N) is 2. The average Bonchev–Trinajstić information content (AvgIpc) is 2.56. The van der Waals surface area contributed by atoms with Crippen molar-refractivity contribution in [3.05, 3.63) is 28.0 Å². The lowest BCUT2D eigenvalue weighted by Crippen LogP contribution is -2.19. The predicted octanol–water partition coefficient (Wildman–Crippen LogP) is 5.37. The summed E-state index contributed by atoms with van der Waals surface area (Å²) in [6.07, 6.45) is 3.63. The molecule has 1 unspecified atom stereocenters. The van der Waals surface area contributed by atoms with Gasteiger partial charge in [-0.2, -0.15) is 0 Å². The van der Waals surface area contributed by atoms with E-state index in [2.05, 4.69) is 9.55 Å². The molecule has 96 valence electrons. The molecule has 2 nitrogen and oxygen atoms in total. The van der Waals surface area contributed by atoms with Crippen molar-refractivity contribution >= 4 is 45.8 Å². The Balaban J connectivity index is 2.26. The number of imidazole rings is 1. The van der Waals surface area contributed by atoms with Crippen molar-refractivity contribution in [3.8, 4) is 0 Å². The molecule has 0 N–H and O–H groups in total.